The van der Waals surface area contributed by atoms with Crippen molar-refractivity contribution in [3.63, 3.8) is 0 Å². The number of aromatic nitrogens is 1. The van der Waals surface area contributed by atoms with Crippen molar-refractivity contribution in [1.29, 1.82) is 0 Å². The van der Waals surface area contributed by atoms with E-state index in [1.165, 1.54) is 34.9 Å². The summed E-state index contributed by atoms with van der Waals surface area (Å²) in [6.45, 7) is 0.487. The number of carbonyl (C=O) groups excluding carboxylic acids is 1. The van der Waals surface area contributed by atoms with Crippen molar-refractivity contribution in [1.82, 2.24) is 14.8 Å². The number of benzene rings is 1. The second-order valence-corrected chi connectivity index (χ2v) is 7.46. The predicted octanol–water partition coefficient (Wildman–Crippen LogP) is 2.97. The molecule has 2 aromatic rings. The van der Waals surface area contributed by atoms with Crippen molar-refractivity contribution in [2.24, 2.45) is 0 Å². The SMILES string of the molecule is CN(C)C1CC(c2c[nH]c3ccc(C[C@@H]4COC(=O)N4C)cc23)C1. The topological polar surface area (TPSA) is 48.6 Å². The maximum Gasteiger partial charge on any atom is 0.409 e. The second kappa shape index (κ2) is 5.81. The number of rotatable bonds is 4. The summed E-state index contributed by atoms with van der Waals surface area (Å²) < 4.78 is 5.12. The van der Waals surface area contributed by atoms with Gasteiger partial charge in [-0.15, -0.1) is 0 Å². The smallest absolute Gasteiger partial charge is 0.409 e. The van der Waals surface area contributed by atoms with Gasteiger partial charge in [0.05, 0.1) is 6.04 Å². The summed E-state index contributed by atoms with van der Waals surface area (Å²) >= 11 is 0. The fourth-order valence-corrected chi connectivity index (χ4v) is 3.92. The van der Waals surface area contributed by atoms with Gasteiger partial charge in [-0.05, 0) is 62.5 Å². The molecule has 2 fully saturated rings. The molecule has 1 N–H and O–H groups in total. The summed E-state index contributed by atoms with van der Waals surface area (Å²) in [4.78, 5) is 19.0. The quantitative estimate of drug-likeness (QED) is 0.939. The van der Waals surface area contributed by atoms with Crippen LogP contribution in [-0.2, 0) is 11.2 Å². The highest BCUT2D eigenvalue weighted by Gasteiger charge is 2.33. The zero-order valence-electron chi connectivity index (χ0n) is 14.6. The van der Waals surface area contributed by atoms with Gasteiger partial charge in [-0.1, -0.05) is 6.07 Å². The predicted molar refractivity (Wildman–Crippen MR) is 94.4 cm³/mol. The number of amides is 1. The first-order valence-corrected chi connectivity index (χ1v) is 8.69. The lowest BCUT2D eigenvalue weighted by molar-refractivity contribution is 0.163. The van der Waals surface area contributed by atoms with Crippen molar-refractivity contribution in [2.75, 3.05) is 27.7 Å². The highest BCUT2D eigenvalue weighted by molar-refractivity contribution is 5.84. The maximum absolute atomic E-state index is 11.5. The maximum atomic E-state index is 11.5. The van der Waals surface area contributed by atoms with Crippen LogP contribution in [0.4, 0.5) is 4.79 Å². The molecule has 0 spiro atoms. The van der Waals surface area contributed by atoms with E-state index in [0.29, 0.717) is 18.6 Å². The zero-order chi connectivity index (χ0) is 16.8. The molecule has 0 bridgehead atoms. The molecule has 1 atom stereocenters. The summed E-state index contributed by atoms with van der Waals surface area (Å²) in [7, 11) is 6.14. The molecule has 24 heavy (non-hydrogen) atoms. The number of likely N-dealkylation sites (N-methyl/N-ethyl adjacent to an activating group) is 1. The second-order valence-electron chi connectivity index (χ2n) is 7.46. The highest BCUT2D eigenvalue weighted by atomic mass is 16.6. The lowest BCUT2D eigenvalue weighted by Gasteiger charge is -2.39. The summed E-state index contributed by atoms with van der Waals surface area (Å²) in [6.07, 6.45) is 5.27. The Hall–Kier alpha value is -2.01. The van der Waals surface area contributed by atoms with Gasteiger partial charge in [-0.25, -0.2) is 4.79 Å². The highest BCUT2D eigenvalue weighted by Crippen LogP contribution is 2.42. The number of hydrogen-bond donors (Lipinski definition) is 1. The first-order valence-electron chi connectivity index (χ1n) is 8.69. The van der Waals surface area contributed by atoms with E-state index >= 15 is 0 Å². The van der Waals surface area contributed by atoms with Crippen LogP contribution in [0.2, 0.25) is 0 Å². The van der Waals surface area contributed by atoms with E-state index in [9.17, 15) is 4.79 Å². The molecule has 1 amide bonds. The van der Waals surface area contributed by atoms with Gasteiger partial charge >= 0.3 is 6.09 Å². The van der Waals surface area contributed by atoms with E-state index in [1.54, 1.807) is 4.90 Å². The Morgan fingerprint density at radius 3 is 2.79 bits per heavy atom. The first-order chi connectivity index (χ1) is 11.5. The number of carbonyl (C=O) groups is 1. The minimum atomic E-state index is -0.215. The summed E-state index contributed by atoms with van der Waals surface area (Å²) in [6, 6.07) is 7.45. The van der Waals surface area contributed by atoms with Crippen LogP contribution in [0.15, 0.2) is 24.4 Å². The van der Waals surface area contributed by atoms with Crippen molar-refractivity contribution < 1.29 is 9.53 Å². The average molecular weight is 327 g/mol. The van der Waals surface area contributed by atoms with Gasteiger partial charge in [-0.3, -0.25) is 0 Å². The van der Waals surface area contributed by atoms with Gasteiger partial charge in [0, 0.05) is 30.2 Å². The van der Waals surface area contributed by atoms with E-state index in [0.717, 1.165) is 6.42 Å². The molecule has 1 aliphatic carbocycles. The van der Waals surface area contributed by atoms with Gasteiger partial charge in [-0.2, -0.15) is 0 Å². The third-order valence-electron chi connectivity index (χ3n) is 5.77. The molecule has 0 unspecified atom stereocenters. The van der Waals surface area contributed by atoms with Crippen LogP contribution in [0.3, 0.4) is 0 Å². The summed E-state index contributed by atoms with van der Waals surface area (Å²) in [5, 5.41) is 1.34. The number of nitrogens with zero attached hydrogens (tertiary/aromatic N) is 2. The molecule has 1 saturated carbocycles. The number of nitrogens with one attached hydrogen (secondary N) is 1. The van der Waals surface area contributed by atoms with Crippen LogP contribution in [0.5, 0.6) is 0 Å². The van der Waals surface area contributed by atoms with Crippen molar-refractivity contribution in [3.05, 3.63) is 35.5 Å². The molecule has 0 radical (unpaired) electrons. The Labute approximate surface area is 142 Å². The van der Waals surface area contributed by atoms with Crippen LogP contribution < -0.4 is 0 Å². The molecule has 128 valence electrons. The van der Waals surface area contributed by atoms with Crippen LogP contribution in [0.25, 0.3) is 10.9 Å². The Bertz CT molecular complexity index is 761. The monoisotopic (exact) mass is 327 g/mol. The van der Waals surface area contributed by atoms with Crippen molar-refractivity contribution in [2.45, 2.75) is 37.3 Å². The van der Waals surface area contributed by atoms with Gasteiger partial charge in [0.25, 0.3) is 0 Å². The molecular weight excluding hydrogens is 302 g/mol. The first kappa shape index (κ1) is 15.5. The van der Waals surface area contributed by atoms with E-state index in [1.807, 2.05) is 7.05 Å². The van der Waals surface area contributed by atoms with Crippen molar-refractivity contribution in [3.8, 4) is 0 Å². The number of cyclic esters (lactones) is 1. The Balaban J connectivity index is 1.54. The lowest BCUT2D eigenvalue weighted by Crippen LogP contribution is -2.39. The third kappa shape index (κ3) is 2.57. The lowest BCUT2D eigenvalue weighted by atomic mass is 9.75. The van der Waals surface area contributed by atoms with E-state index < -0.39 is 0 Å². The molecule has 1 aromatic heterocycles. The van der Waals surface area contributed by atoms with Crippen LogP contribution in [-0.4, -0.2) is 60.7 Å². The zero-order valence-corrected chi connectivity index (χ0v) is 14.6. The number of ether oxygens (including phenoxy) is 1. The molecule has 1 aliphatic heterocycles. The minimum absolute atomic E-state index is 0.138. The normalized spacial score (nSPS) is 26.9. The Morgan fingerprint density at radius 2 is 2.12 bits per heavy atom. The molecule has 2 aliphatic rings. The van der Waals surface area contributed by atoms with E-state index in [-0.39, 0.29) is 12.1 Å². The Kier molecular flexibility index (Phi) is 3.76. The van der Waals surface area contributed by atoms with Gasteiger partial charge < -0.3 is 19.5 Å². The van der Waals surface area contributed by atoms with Crippen LogP contribution >= 0.6 is 0 Å². The van der Waals surface area contributed by atoms with E-state index in [2.05, 4.69) is 48.4 Å². The van der Waals surface area contributed by atoms with Gasteiger partial charge in [0.15, 0.2) is 0 Å². The molecule has 5 heteroatoms. The third-order valence-corrected chi connectivity index (χ3v) is 5.77. The number of hydrogen-bond acceptors (Lipinski definition) is 3. The average Bonchev–Trinajstić information content (AvgIpc) is 3.04. The van der Waals surface area contributed by atoms with Gasteiger partial charge in [0.1, 0.15) is 6.61 Å². The molecule has 4 rings (SSSR count). The fraction of sp³-hybridized carbons (Fsp3) is 0.526. The molecular formula is C19H25N3O2. The number of H-pyrrole nitrogens is 1. The summed E-state index contributed by atoms with van der Waals surface area (Å²) in [5.41, 5.74) is 3.91. The molecule has 1 saturated heterocycles. The van der Waals surface area contributed by atoms with Crippen LogP contribution in [0.1, 0.15) is 29.9 Å². The standard InChI is InChI=1S/C19H25N3O2/c1-21(2)14-8-13(9-14)17-10-20-18-5-4-12(7-16(17)18)6-15-11-24-19(23)22(15)3/h4-5,7,10,13-15,20H,6,8-9,11H2,1-3H3/t13?,14?,15-/m1/s1. The molecule has 5 nitrogen and oxygen atoms in total. The number of aromatic amines is 1. The van der Waals surface area contributed by atoms with Crippen LogP contribution in [0, 0.1) is 0 Å². The van der Waals surface area contributed by atoms with E-state index in [4.69, 9.17) is 4.74 Å². The number of fused-ring (bicyclic) bond motifs is 1. The van der Waals surface area contributed by atoms with Crippen molar-refractivity contribution >= 4 is 17.0 Å². The molecule has 1 aromatic carbocycles. The van der Waals surface area contributed by atoms with Gasteiger partial charge in [0.2, 0.25) is 0 Å². The largest absolute Gasteiger partial charge is 0.447 e. The Morgan fingerprint density at radius 1 is 1.33 bits per heavy atom. The minimum Gasteiger partial charge on any atom is -0.447 e. The molecule has 2 heterocycles. The fourth-order valence-electron chi connectivity index (χ4n) is 3.92. The summed E-state index contributed by atoms with van der Waals surface area (Å²) in [5.74, 6) is 0.653.